The summed E-state index contributed by atoms with van der Waals surface area (Å²) in [7, 11) is 0. The zero-order valence-electron chi connectivity index (χ0n) is 16.6. The molecule has 0 aliphatic carbocycles. The first kappa shape index (κ1) is 88.0. The van der Waals surface area contributed by atoms with Crippen molar-refractivity contribution in [3.63, 3.8) is 0 Å². The second kappa shape index (κ2) is 51.3. The Kier molecular flexibility index (Phi) is 137. The van der Waals surface area contributed by atoms with Crippen molar-refractivity contribution in [2.24, 2.45) is 0 Å². The first-order valence-corrected chi connectivity index (χ1v) is 4.27. The zero-order valence-corrected chi connectivity index (χ0v) is 18.5. The van der Waals surface area contributed by atoms with E-state index in [1.807, 2.05) is 0 Å². The molecule has 0 aliphatic heterocycles. The first-order chi connectivity index (χ1) is 10.6. The molecule has 22 N–H and O–H groups in total. The molecule has 210 valence electrons. The summed E-state index contributed by atoms with van der Waals surface area (Å²) in [5, 5.41) is 71.4. The predicted molar refractivity (Wildman–Crippen MR) is 74.8 cm³/mol. The molecule has 25 heteroatoms. The van der Waals surface area contributed by atoms with Crippen molar-refractivity contribution in [2.45, 2.75) is 0 Å². The Morgan fingerprint density at radius 1 is 0.273 bits per heavy atom. The van der Waals surface area contributed by atoms with Gasteiger partial charge in [0.1, 0.15) is 0 Å². The number of hydrogen-bond acceptors (Lipinski definition) is 16. The van der Waals surface area contributed by atoms with Crippen LogP contribution in [0.15, 0.2) is 0 Å². The minimum atomic E-state index is -2.19. The number of carboxylic acid groups (broad SMARTS) is 8. The fraction of sp³-hybridized carbons (Fsp3) is 0. The average Bonchev–Trinajstić information content (AvgIpc) is 2.40. The molecule has 0 spiro atoms. The molecule has 23 nitrogen and oxygen atoms in total. The summed E-state index contributed by atoms with van der Waals surface area (Å²) in [4.78, 5) is 71.4. The molecule has 0 saturated carbocycles. The Hall–Kier alpha value is -3.48. The molecular weight excluding hydrogens is 583 g/mol. The Balaban J connectivity index is -0.0000000135. The van der Waals surface area contributed by atoms with E-state index in [0.29, 0.717) is 0 Å². The van der Waals surface area contributed by atoms with Crippen LogP contribution in [0.4, 0.5) is 0 Å². The van der Waals surface area contributed by atoms with Crippen LogP contribution in [0.5, 0.6) is 0 Å². The van der Waals surface area contributed by atoms with Crippen LogP contribution in [0.2, 0.25) is 0 Å². The molecule has 0 aromatic heterocycles. The molecule has 0 fully saturated rings. The second-order valence-corrected chi connectivity index (χ2v) is 2.30. The molecule has 0 aliphatic rings. The molecule has 0 bridgehead atoms. The molecule has 0 aromatic carbocycles. The van der Waals surface area contributed by atoms with Crippen molar-refractivity contribution in [1.82, 2.24) is 24.6 Å². The van der Waals surface area contributed by atoms with Crippen molar-refractivity contribution >= 4 is 47.8 Å². The van der Waals surface area contributed by atoms with Crippen LogP contribution in [0.1, 0.15) is 0 Å². The second-order valence-electron chi connectivity index (χ2n) is 2.30. The molecule has 0 heterocycles. The van der Waals surface area contributed by atoms with Crippen LogP contribution < -0.4 is 65.5 Å². The van der Waals surface area contributed by atoms with E-state index in [4.69, 9.17) is 79.2 Å². The molecule has 0 rings (SSSR count). The molecular formula is C8H22Cu2N4O19. The van der Waals surface area contributed by atoms with Gasteiger partial charge in [-0.2, -0.15) is 0 Å². The maximum absolute atomic E-state index is 8.93. The van der Waals surface area contributed by atoms with Crippen LogP contribution in [0.3, 0.4) is 0 Å². The van der Waals surface area contributed by atoms with Crippen molar-refractivity contribution in [2.75, 3.05) is 0 Å². The van der Waals surface area contributed by atoms with Gasteiger partial charge in [-0.25, -0.2) is 0 Å². The van der Waals surface area contributed by atoms with E-state index in [0.717, 1.165) is 0 Å². The molecule has 0 amide bonds. The minimum absolute atomic E-state index is 0. The summed E-state index contributed by atoms with van der Waals surface area (Å²) < 4.78 is 0. The fourth-order valence-electron chi connectivity index (χ4n) is 0. The summed E-state index contributed by atoms with van der Waals surface area (Å²) in [6, 6.07) is 0. The minimum Gasteiger partial charge on any atom is -0.543 e. The normalized spacial score (nSPS) is 5.33. The fourth-order valence-corrected chi connectivity index (χ4v) is 0. The molecule has 0 unspecified atom stereocenters. The van der Waals surface area contributed by atoms with Crippen molar-refractivity contribution in [3.8, 4) is 0 Å². The van der Waals surface area contributed by atoms with Crippen molar-refractivity contribution in [1.29, 1.82) is 0 Å². The quantitative estimate of drug-likeness (QED) is 0.147. The van der Waals surface area contributed by atoms with E-state index in [-0.39, 0.29) is 75.2 Å². The van der Waals surface area contributed by atoms with Crippen molar-refractivity contribution < 1.29 is 130 Å². The Bertz CT molecular complexity index is 412. The summed E-state index contributed by atoms with van der Waals surface area (Å²) in [6.45, 7) is 0. The average molecular weight is 605 g/mol. The molecule has 2 radical (unpaired) electrons. The van der Waals surface area contributed by atoms with Gasteiger partial charge in [-0.15, -0.1) is 0 Å². The third kappa shape index (κ3) is 128. The number of rotatable bonds is 0. The first-order valence-electron chi connectivity index (χ1n) is 4.27. The van der Waals surface area contributed by atoms with E-state index in [9.17, 15) is 0 Å². The van der Waals surface area contributed by atoms with Gasteiger partial charge in [0, 0.05) is 0 Å². The van der Waals surface area contributed by atoms with Gasteiger partial charge in [0.2, 0.25) is 0 Å². The maximum Gasteiger partial charge on any atom is 2.00 e. The van der Waals surface area contributed by atoms with Gasteiger partial charge in [-0.1, -0.05) is 0 Å². The third-order valence-electron chi connectivity index (χ3n) is 0.667. The number of carbonyl (C=O) groups excluding carboxylic acids is 8. The van der Waals surface area contributed by atoms with Crippen LogP contribution in [0, 0.1) is 0 Å². The van der Waals surface area contributed by atoms with Gasteiger partial charge in [0.15, 0.2) is 0 Å². The van der Waals surface area contributed by atoms with Gasteiger partial charge in [0.25, 0.3) is 0 Å². The standard InChI is InChI=1S/4C2H2O4.2Cu.4H3N.3H2O/c4*3-1(4)2(5)6;;;;;;;;;/h4*(H,3,4)(H,5,6);;;4*1H3;3*1H2/q;;;;2*+2;;;;;;;/p-4. The Labute approximate surface area is 202 Å². The number of carboxylic acids is 8. The maximum atomic E-state index is 8.93. The molecule has 0 atom stereocenters. The summed E-state index contributed by atoms with van der Waals surface area (Å²) in [5.41, 5.74) is 0. The van der Waals surface area contributed by atoms with Gasteiger partial charge in [-0.05, 0) is 0 Å². The number of hydrogen-bond donors (Lipinski definition) is 4. The van der Waals surface area contributed by atoms with Crippen LogP contribution in [-0.2, 0) is 72.5 Å². The van der Waals surface area contributed by atoms with Gasteiger partial charge < -0.3 is 120 Å². The van der Waals surface area contributed by atoms with Gasteiger partial charge in [0.05, 0.1) is 47.8 Å². The van der Waals surface area contributed by atoms with E-state index in [1.54, 1.807) is 0 Å². The van der Waals surface area contributed by atoms with Crippen LogP contribution in [-0.4, -0.2) is 64.2 Å². The van der Waals surface area contributed by atoms with Crippen molar-refractivity contribution in [3.05, 3.63) is 0 Å². The van der Waals surface area contributed by atoms with E-state index >= 15 is 0 Å². The number of quaternary nitrogens is 4. The monoisotopic (exact) mass is 604 g/mol. The molecule has 33 heavy (non-hydrogen) atoms. The molecule has 0 saturated heterocycles. The SMILES string of the molecule is O.O.O.O=C([O-])C(=O)[O-].O=C([O-])C(=O)[O-].O=C([O-])C(=O)[O-].O=C([O-])C(=O)[O-].[Cu+2].[Cu+2].[NH4+].[NH4+].[NH4+].[NH4+]. The summed E-state index contributed by atoms with van der Waals surface area (Å²) >= 11 is 0. The summed E-state index contributed by atoms with van der Waals surface area (Å²) in [6.07, 6.45) is 0. The van der Waals surface area contributed by atoms with Crippen LogP contribution >= 0.6 is 0 Å². The van der Waals surface area contributed by atoms with Gasteiger partial charge >= 0.3 is 34.1 Å². The number of aliphatic carboxylic acids is 8. The molecule has 0 aromatic rings. The third-order valence-corrected chi connectivity index (χ3v) is 0.667. The van der Waals surface area contributed by atoms with E-state index < -0.39 is 47.8 Å². The zero-order chi connectivity index (χ0) is 20.6. The largest absolute Gasteiger partial charge is 2.00 e. The summed E-state index contributed by atoms with van der Waals surface area (Å²) in [5.74, 6) is -17.5. The van der Waals surface area contributed by atoms with Gasteiger partial charge in [-0.3, -0.25) is 0 Å². The topological polar surface area (TPSA) is 562 Å². The smallest absolute Gasteiger partial charge is 0.543 e. The predicted octanol–water partition coefficient (Wildman–Crippen LogP) is -15.0. The Morgan fingerprint density at radius 2 is 0.303 bits per heavy atom. The van der Waals surface area contributed by atoms with E-state index in [1.165, 1.54) is 0 Å². The van der Waals surface area contributed by atoms with Crippen LogP contribution in [0.25, 0.3) is 0 Å². The van der Waals surface area contributed by atoms with E-state index in [2.05, 4.69) is 0 Å². The number of carbonyl (C=O) groups is 8. The Morgan fingerprint density at radius 3 is 0.303 bits per heavy atom.